The summed E-state index contributed by atoms with van der Waals surface area (Å²) in [7, 11) is 5.54. The molecule has 0 saturated heterocycles. The average Bonchev–Trinajstić information content (AvgIpc) is 2.47. The van der Waals surface area contributed by atoms with E-state index in [-0.39, 0.29) is 5.91 Å². The number of methoxy groups -OCH3 is 1. The number of hydrogen-bond acceptors (Lipinski definition) is 3. The van der Waals surface area contributed by atoms with E-state index in [1.54, 1.807) is 12.1 Å². The van der Waals surface area contributed by atoms with Gasteiger partial charge in [-0.1, -0.05) is 12.1 Å². The molecule has 1 N–H and O–H groups in total. The van der Waals surface area contributed by atoms with Crippen LogP contribution in [0.4, 0.5) is 5.69 Å². The number of esters is 1. The highest BCUT2D eigenvalue weighted by Crippen LogP contribution is 2.42. The molecular formula is C18H27N2O3+. The number of benzene rings is 1. The van der Waals surface area contributed by atoms with Gasteiger partial charge in [0.1, 0.15) is 0 Å². The molecule has 0 aliphatic heterocycles. The van der Waals surface area contributed by atoms with E-state index in [1.165, 1.54) is 7.11 Å². The second kappa shape index (κ2) is 6.32. The van der Waals surface area contributed by atoms with Gasteiger partial charge in [0, 0.05) is 12.8 Å². The van der Waals surface area contributed by atoms with Crippen LogP contribution in [0.2, 0.25) is 0 Å². The van der Waals surface area contributed by atoms with Crippen LogP contribution in [0.3, 0.4) is 0 Å². The van der Waals surface area contributed by atoms with Gasteiger partial charge in [-0.05, 0) is 31.9 Å². The largest absolute Gasteiger partial charge is 0.465 e. The van der Waals surface area contributed by atoms with Crippen LogP contribution in [0, 0.1) is 6.92 Å². The molecule has 1 fully saturated rings. The molecule has 2 rings (SSSR count). The number of hydrogen-bond donors (Lipinski definition) is 1. The Balaban J connectivity index is 2.36. The van der Waals surface area contributed by atoms with Crippen molar-refractivity contribution in [3.63, 3.8) is 0 Å². The summed E-state index contributed by atoms with van der Waals surface area (Å²) in [6, 6.07) is 5.36. The molecule has 1 amide bonds. The van der Waals surface area contributed by atoms with Crippen LogP contribution in [0.15, 0.2) is 18.2 Å². The minimum atomic E-state index is -0.434. The third-order valence-electron chi connectivity index (χ3n) is 5.47. The maximum absolute atomic E-state index is 13.1. The summed E-state index contributed by atoms with van der Waals surface area (Å²) in [5.41, 5.74) is 1.41. The number of carbonyl (C=O) groups excluding carboxylic acids is 2. The van der Waals surface area contributed by atoms with Gasteiger partial charge in [0.25, 0.3) is 5.91 Å². The lowest BCUT2D eigenvalue weighted by atomic mass is 9.73. The van der Waals surface area contributed by atoms with Gasteiger partial charge in [-0.25, -0.2) is 4.79 Å². The predicted molar refractivity (Wildman–Crippen MR) is 90.4 cm³/mol. The molecule has 0 aromatic heterocycles. The lowest BCUT2D eigenvalue weighted by Gasteiger charge is -2.52. The van der Waals surface area contributed by atoms with Crippen molar-refractivity contribution in [1.82, 2.24) is 0 Å². The van der Waals surface area contributed by atoms with Crippen LogP contribution in [-0.4, -0.2) is 49.6 Å². The van der Waals surface area contributed by atoms with E-state index in [0.29, 0.717) is 15.7 Å². The van der Waals surface area contributed by atoms with Crippen molar-refractivity contribution < 1.29 is 18.8 Å². The quantitative estimate of drug-likeness (QED) is 0.671. The van der Waals surface area contributed by atoms with Gasteiger partial charge in [0.15, 0.2) is 5.54 Å². The van der Waals surface area contributed by atoms with E-state index in [4.69, 9.17) is 4.74 Å². The second-order valence-corrected chi connectivity index (χ2v) is 6.83. The lowest BCUT2D eigenvalue weighted by Crippen LogP contribution is -2.69. The number of likely N-dealkylation sites (N-methyl/N-ethyl adjacent to an activating group) is 1. The first-order valence-electron chi connectivity index (χ1n) is 8.11. The van der Waals surface area contributed by atoms with E-state index < -0.39 is 11.5 Å². The van der Waals surface area contributed by atoms with Crippen molar-refractivity contribution in [2.75, 3.05) is 33.1 Å². The van der Waals surface area contributed by atoms with Crippen LogP contribution in [0.1, 0.15) is 42.1 Å². The monoisotopic (exact) mass is 319 g/mol. The van der Waals surface area contributed by atoms with Gasteiger partial charge in [0.05, 0.1) is 39.0 Å². The Kier molecular flexibility index (Phi) is 4.80. The van der Waals surface area contributed by atoms with E-state index in [1.807, 2.05) is 13.0 Å². The van der Waals surface area contributed by atoms with Gasteiger partial charge in [-0.15, -0.1) is 0 Å². The molecule has 0 radical (unpaired) electrons. The Bertz CT molecular complexity index is 619. The molecule has 5 heteroatoms. The Morgan fingerprint density at radius 3 is 2.43 bits per heavy atom. The Morgan fingerprint density at radius 1 is 1.30 bits per heavy atom. The summed E-state index contributed by atoms with van der Waals surface area (Å²) in [4.78, 5) is 25.0. The average molecular weight is 319 g/mol. The summed E-state index contributed by atoms with van der Waals surface area (Å²) in [5.74, 6) is -0.439. The normalized spacial score (nSPS) is 16.4. The predicted octanol–water partition coefficient (Wildman–Crippen LogP) is 2.74. The van der Waals surface area contributed by atoms with E-state index in [9.17, 15) is 9.59 Å². The Hall–Kier alpha value is -1.88. The third kappa shape index (κ3) is 2.85. The molecule has 0 bridgehead atoms. The first-order chi connectivity index (χ1) is 10.8. The molecule has 1 aliphatic carbocycles. The molecular weight excluding hydrogens is 292 g/mol. The van der Waals surface area contributed by atoms with Gasteiger partial charge in [-0.3, -0.25) is 4.79 Å². The molecule has 0 spiro atoms. The van der Waals surface area contributed by atoms with Gasteiger partial charge < -0.3 is 14.5 Å². The summed E-state index contributed by atoms with van der Waals surface area (Å²) in [5, 5.41) is 3.02. The zero-order valence-corrected chi connectivity index (χ0v) is 14.7. The van der Waals surface area contributed by atoms with Crippen LogP contribution in [0.25, 0.3) is 0 Å². The Labute approximate surface area is 138 Å². The molecule has 1 aromatic rings. The van der Waals surface area contributed by atoms with Crippen molar-refractivity contribution in [3.8, 4) is 0 Å². The summed E-state index contributed by atoms with van der Waals surface area (Å²) in [6.45, 7) is 4.86. The first kappa shape index (κ1) is 17.5. The number of amides is 1. The second-order valence-electron chi connectivity index (χ2n) is 6.83. The number of para-hydroxylation sites is 1. The van der Waals surface area contributed by atoms with Crippen molar-refractivity contribution in [2.24, 2.45) is 0 Å². The van der Waals surface area contributed by atoms with Crippen LogP contribution < -0.4 is 5.32 Å². The molecule has 1 aliphatic rings. The fraction of sp³-hybridized carbons (Fsp3) is 0.556. The first-order valence-corrected chi connectivity index (χ1v) is 8.11. The van der Waals surface area contributed by atoms with Crippen molar-refractivity contribution in [1.29, 1.82) is 0 Å². The molecule has 0 heterocycles. The highest BCUT2D eigenvalue weighted by atomic mass is 16.5. The summed E-state index contributed by atoms with van der Waals surface area (Å²) >= 11 is 0. The number of quaternary nitrogens is 1. The minimum absolute atomic E-state index is 0.00458. The van der Waals surface area contributed by atoms with Gasteiger partial charge in [-0.2, -0.15) is 0 Å². The number of nitrogens with zero attached hydrogens (tertiary/aromatic N) is 1. The number of nitrogens with one attached hydrogen (secondary N) is 1. The lowest BCUT2D eigenvalue weighted by molar-refractivity contribution is -0.936. The van der Waals surface area contributed by atoms with Crippen LogP contribution in [-0.2, 0) is 9.53 Å². The van der Waals surface area contributed by atoms with Crippen molar-refractivity contribution in [3.05, 3.63) is 29.3 Å². The fourth-order valence-corrected chi connectivity index (χ4v) is 3.27. The highest BCUT2D eigenvalue weighted by molar-refractivity contribution is 6.05. The zero-order chi connectivity index (χ0) is 17.3. The maximum Gasteiger partial charge on any atom is 0.339 e. The van der Waals surface area contributed by atoms with Crippen molar-refractivity contribution >= 4 is 17.6 Å². The molecule has 23 heavy (non-hydrogen) atoms. The minimum Gasteiger partial charge on any atom is -0.465 e. The van der Waals surface area contributed by atoms with Gasteiger partial charge in [0.2, 0.25) is 0 Å². The number of anilines is 1. The summed E-state index contributed by atoms with van der Waals surface area (Å²) < 4.78 is 5.48. The molecule has 1 saturated carbocycles. The van der Waals surface area contributed by atoms with Gasteiger partial charge >= 0.3 is 5.97 Å². The van der Waals surface area contributed by atoms with E-state index in [2.05, 4.69) is 26.3 Å². The molecule has 5 nitrogen and oxygen atoms in total. The van der Waals surface area contributed by atoms with Crippen molar-refractivity contribution in [2.45, 2.75) is 38.6 Å². The number of rotatable bonds is 5. The number of ether oxygens (including phenoxy) is 1. The smallest absolute Gasteiger partial charge is 0.339 e. The molecule has 0 unspecified atom stereocenters. The number of aryl methyl sites for hydroxylation is 1. The van der Waals surface area contributed by atoms with E-state index >= 15 is 0 Å². The summed E-state index contributed by atoms with van der Waals surface area (Å²) in [6.07, 6.45) is 2.81. The highest BCUT2D eigenvalue weighted by Gasteiger charge is 2.56. The molecule has 0 atom stereocenters. The fourth-order valence-electron chi connectivity index (χ4n) is 3.27. The third-order valence-corrected chi connectivity index (χ3v) is 5.47. The van der Waals surface area contributed by atoms with E-state index in [0.717, 1.165) is 31.4 Å². The maximum atomic E-state index is 13.1. The topological polar surface area (TPSA) is 55.4 Å². The molecule has 1 aromatic carbocycles. The number of carbonyl (C=O) groups is 2. The SMILES string of the molecule is CC[N+](C)(C)C1(C(=O)Nc2c(C)cccc2C(=O)OC)CCC1. The zero-order valence-electron chi connectivity index (χ0n) is 14.7. The Morgan fingerprint density at radius 2 is 1.96 bits per heavy atom. The van der Waals surface area contributed by atoms with Crippen LogP contribution >= 0.6 is 0 Å². The van der Waals surface area contributed by atoms with Crippen LogP contribution in [0.5, 0.6) is 0 Å². The standard InChI is InChI=1S/C18H26N2O3/c1-6-20(3,4)18(11-8-12-18)17(22)19-15-13(2)9-7-10-14(15)16(21)23-5/h7,9-10H,6,8,11-12H2,1-5H3/p+1. The molecule has 126 valence electrons.